The summed E-state index contributed by atoms with van der Waals surface area (Å²) in [5.74, 6) is -1.36. The van der Waals surface area contributed by atoms with Gasteiger partial charge in [0, 0.05) is 26.1 Å². The van der Waals surface area contributed by atoms with Gasteiger partial charge in [-0.15, -0.1) is 0 Å². The number of esters is 2. The van der Waals surface area contributed by atoms with Crippen molar-refractivity contribution in [3.63, 3.8) is 0 Å². The first-order chi connectivity index (χ1) is 12.0. The van der Waals surface area contributed by atoms with E-state index in [4.69, 9.17) is 18.9 Å². The third-order valence-electron chi connectivity index (χ3n) is 2.63. The van der Waals surface area contributed by atoms with E-state index in [-0.39, 0.29) is 24.1 Å². The van der Waals surface area contributed by atoms with E-state index in [1.165, 1.54) is 13.8 Å². The Balaban J connectivity index is 3.90. The minimum atomic E-state index is -1.01. The van der Waals surface area contributed by atoms with E-state index in [1.807, 2.05) is 0 Å². The summed E-state index contributed by atoms with van der Waals surface area (Å²) in [4.78, 5) is 45.8. The summed E-state index contributed by atoms with van der Waals surface area (Å²) in [6, 6.07) is 0. The van der Waals surface area contributed by atoms with Crippen LogP contribution in [0.3, 0.4) is 0 Å². The quantitative estimate of drug-likeness (QED) is 0.358. The van der Waals surface area contributed by atoms with E-state index in [1.54, 1.807) is 27.7 Å². The van der Waals surface area contributed by atoms with Crippen LogP contribution >= 0.6 is 11.8 Å². The molecule has 9 nitrogen and oxygen atoms in total. The molecule has 0 spiro atoms. The van der Waals surface area contributed by atoms with Crippen LogP contribution in [0.5, 0.6) is 0 Å². The zero-order valence-electron chi connectivity index (χ0n) is 15.9. The average Bonchev–Trinajstić information content (AvgIpc) is 2.50. The van der Waals surface area contributed by atoms with Crippen LogP contribution in [-0.2, 0) is 28.5 Å². The Morgan fingerprint density at radius 1 is 0.769 bits per heavy atom. The molecule has 0 heterocycles. The summed E-state index contributed by atoms with van der Waals surface area (Å²) in [7, 11) is 0. The maximum atomic E-state index is 11.6. The third kappa shape index (κ3) is 11.6. The minimum absolute atomic E-state index is 0.129. The van der Waals surface area contributed by atoms with E-state index in [0.29, 0.717) is 0 Å². The predicted molar refractivity (Wildman–Crippen MR) is 94.2 cm³/mol. The van der Waals surface area contributed by atoms with Gasteiger partial charge in [0.1, 0.15) is 0 Å². The monoisotopic (exact) mass is 393 g/mol. The van der Waals surface area contributed by atoms with Gasteiger partial charge in [0.2, 0.25) is 12.6 Å². The van der Waals surface area contributed by atoms with Crippen LogP contribution in [0.1, 0.15) is 41.5 Å². The molecule has 0 aromatic rings. The zero-order valence-corrected chi connectivity index (χ0v) is 16.7. The number of hydrogen-bond acceptors (Lipinski definition) is 9. The summed E-state index contributed by atoms with van der Waals surface area (Å²) < 4.78 is 19.5. The van der Waals surface area contributed by atoms with Crippen LogP contribution in [0.15, 0.2) is 0 Å². The second kappa shape index (κ2) is 12.4. The Morgan fingerprint density at radius 3 is 1.69 bits per heavy atom. The number of hydrogen-bond donors (Lipinski definition) is 1. The lowest BCUT2D eigenvalue weighted by atomic mass is 10.2. The highest BCUT2D eigenvalue weighted by Crippen LogP contribution is 2.09. The van der Waals surface area contributed by atoms with Gasteiger partial charge in [-0.1, -0.05) is 27.7 Å². The van der Waals surface area contributed by atoms with Gasteiger partial charge in [0.15, 0.2) is 0 Å². The van der Waals surface area contributed by atoms with Crippen molar-refractivity contribution >= 4 is 35.1 Å². The van der Waals surface area contributed by atoms with E-state index >= 15 is 0 Å². The van der Waals surface area contributed by atoms with E-state index < -0.39 is 35.9 Å². The number of alkyl carbamates (subject to hydrolysis) is 1. The van der Waals surface area contributed by atoms with Gasteiger partial charge >= 0.3 is 23.3 Å². The SMILES string of the molecule is CC(C)C(=O)O[C@@H](C)OC(=O)NCCSC(=O)O[C@H](C)OC(=O)C(C)C. The molecule has 0 bridgehead atoms. The molecule has 0 aromatic carbocycles. The molecule has 0 rings (SSSR count). The van der Waals surface area contributed by atoms with Crippen molar-refractivity contribution < 1.29 is 38.1 Å². The van der Waals surface area contributed by atoms with Crippen molar-refractivity contribution in [2.45, 2.75) is 54.1 Å². The van der Waals surface area contributed by atoms with Crippen LogP contribution in [0.2, 0.25) is 0 Å². The molecular weight excluding hydrogens is 366 g/mol. The molecule has 0 aromatic heterocycles. The van der Waals surface area contributed by atoms with Crippen molar-refractivity contribution in [3.8, 4) is 0 Å². The van der Waals surface area contributed by atoms with Crippen molar-refractivity contribution in [2.75, 3.05) is 12.3 Å². The van der Waals surface area contributed by atoms with Crippen molar-refractivity contribution in [1.82, 2.24) is 5.32 Å². The van der Waals surface area contributed by atoms with Gasteiger partial charge in [0.25, 0.3) is 0 Å². The second-order valence-corrected chi connectivity index (χ2v) is 6.90. The fourth-order valence-electron chi connectivity index (χ4n) is 1.30. The number of carbonyl (C=O) groups excluding carboxylic acids is 4. The molecule has 1 N–H and O–H groups in total. The molecule has 0 saturated carbocycles. The molecule has 0 radical (unpaired) electrons. The molecule has 0 aliphatic carbocycles. The number of thioether (sulfide) groups is 1. The Hall–Kier alpha value is -1.97. The van der Waals surface area contributed by atoms with Crippen LogP contribution in [0.4, 0.5) is 9.59 Å². The van der Waals surface area contributed by atoms with Gasteiger partial charge < -0.3 is 24.3 Å². The number of amides is 1. The van der Waals surface area contributed by atoms with Gasteiger partial charge in [-0.05, 0) is 11.8 Å². The zero-order chi connectivity index (χ0) is 20.3. The van der Waals surface area contributed by atoms with Gasteiger partial charge in [-0.25, -0.2) is 9.59 Å². The Kier molecular flexibility index (Phi) is 11.5. The first kappa shape index (κ1) is 24.0. The Bertz CT molecular complexity index is 451. The first-order valence-corrected chi connectivity index (χ1v) is 9.20. The summed E-state index contributed by atoms with van der Waals surface area (Å²) in [6.45, 7) is 9.65. The standard InChI is InChI=1S/C16H27NO8S/c1-9(2)13(18)22-11(5)24-15(20)17-7-8-26-16(21)25-12(6)23-14(19)10(3)4/h9-12H,7-8H2,1-6H3,(H,17,20)/t11-,12-/m1/s1. The normalized spacial score (nSPS) is 12.9. The molecule has 150 valence electrons. The highest BCUT2D eigenvalue weighted by molar-refractivity contribution is 8.13. The van der Waals surface area contributed by atoms with Gasteiger partial charge in [0.05, 0.1) is 11.8 Å². The molecule has 0 fully saturated rings. The molecule has 1 amide bonds. The van der Waals surface area contributed by atoms with Crippen molar-refractivity contribution in [3.05, 3.63) is 0 Å². The van der Waals surface area contributed by atoms with E-state index in [0.717, 1.165) is 11.8 Å². The first-order valence-electron chi connectivity index (χ1n) is 8.21. The van der Waals surface area contributed by atoms with Gasteiger partial charge in [-0.3, -0.25) is 9.59 Å². The number of rotatable bonds is 9. The number of ether oxygens (including phenoxy) is 4. The molecule has 26 heavy (non-hydrogen) atoms. The predicted octanol–water partition coefficient (Wildman–Crippen LogP) is 2.67. The Morgan fingerprint density at radius 2 is 1.23 bits per heavy atom. The van der Waals surface area contributed by atoms with Crippen molar-refractivity contribution in [1.29, 1.82) is 0 Å². The highest BCUT2D eigenvalue weighted by Gasteiger charge is 2.18. The fraction of sp³-hybridized carbons (Fsp3) is 0.750. The largest absolute Gasteiger partial charge is 0.425 e. The molecule has 10 heteroatoms. The summed E-state index contributed by atoms with van der Waals surface area (Å²) in [6.07, 6.45) is -2.78. The second-order valence-electron chi connectivity index (χ2n) is 5.87. The average molecular weight is 393 g/mol. The molecule has 0 unspecified atom stereocenters. The molecule has 2 atom stereocenters. The third-order valence-corrected chi connectivity index (χ3v) is 3.37. The van der Waals surface area contributed by atoms with Crippen LogP contribution in [-0.4, -0.2) is 48.2 Å². The lowest BCUT2D eigenvalue weighted by Gasteiger charge is -2.16. The molecule has 0 aliphatic heterocycles. The molecular formula is C16H27NO8S. The number of nitrogens with one attached hydrogen (secondary N) is 1. The fourth-order valence-corrected chi connectivity index (χ4v) is 1.87. The summed E-state index contributed by atoms with van der Waals surface area (Å²) in [5, 5.41) is 1.77. The van der Waals surface area contributed by atoms with E-state index in [2.05, 4.69) is 5.32 Å². The van der Waals surface area contributed by atoms with Crippen LogP contribution in [0.25, 0.3) is 0 Å². The topological polar surface area (TPSA) is 117 Å². The van der Waals surface area contributed by atoms with Crippen molar-refractivity contribution in [2.24, 2.45) is 11.8 Å². The van der Waals surface area contributed by atoms with Crippen LogP contribution in [0, 0.1) is 11.8 Å². The summed E-state index contributed by atoms with van der Waals surface area (Å²) >= 11 is 0.808. The highest BCUT2D eigenvalue weighted by atomic mass is 32.2. The Labute approximate surface area is 157 Å². The lowest BCUT2D eigenvalue weighted by Crippen LogP contribution is -2.32. The van der Waals surface area contributed by atoms with Gasteiger partial charge in [-0.2, -0.15) is 0 Å². The summed E-state index contributed by atoms with van der Waals surface area (Å²) in [5.41, 5.74) is 0. The molecule has 0 aliphatic rings. The number of carbonyl (C=O) groups is 4. The maximum Gasteiger partial charge on any atom is 0.410 e. The minimum Gasteiger partial charge on any atom is -0.425 e. The lowest BCUT2D eigenvalue weighted by molar-refractivity contribution is -0.169. The smallest absolute Gasteiger partial charge is 0.410 e. The van der Waals surface area contributed by atoms with E-state index in [9.17, 15) is 19.2 Å². The van der Waals surface area contributed by atoms with Crippen LogP contribution < -0.4 is 5.32 Å². The molecule has 0 saturated heterocycles. The maximum absolute atomic E-state index is 11.6.